The van der Waals surface area contributed by atoms with E-state index in [4.69, 9.17) is 15.3 Å². The summed E-state index contributed by atoms with van der Waals surface area (Å²) in [6.07, 6.45) is -2.44. The minimum Gasteiger partial charge on any atom is -1.00 e. The summed E-state index contributed by atoms with van der Waals surface area (Å²) in [7, 11) is 0. The van der Waals surface area contributed by atoms with Crippen LogP contribution >= 0.6 is 0 Å². The van der Waals surface area contributed by atoms with Crippen LogP contribution in [0.25, 0.3) is 0 Å². The Morgan fingerprint density at radius 1 is 1.06 bits per heavy atom. The van der Waals surface area contributed by atoms with Crippen LogP contribution < -0.4 is 55.2 Å². The molecule has 0 radical (unpaired) electrons. The number of aliphatic hydroxyl groups is 1. The van der Waals surface area contributed by atoms with E-state index in [-0.39, 0.29) is 50.1 Å². The van der Waals surface area contributed by atoms with E-state index in [1.54, 1.807) is 0 Å². The molecule has 0 rings (SSSR count). The van der Waals surface area contributed by atoms with Gasteiger partial charge >= 0.3 is 49.7 Å². The summed E-state index contributed by atoms with van der Waals surface area (Å²) in [5, 5.41) is 35.5. The second-order valence-electron chi connectivity index (χ2n) is 2.46. The van der Waals surface area contributed by atoms with Crippen molar-refractivity contribution in [3.8, 4) is 0 Å². The Bertz CT molecular complexity index is 241. The molecule has 0 aromatic heterocycles. The molecule has 7 nitrogen and oxygen atoms in total. The van der Waals surface area contributed by atoms with Gasteiger partial charge in [-0.1, -0.05) is 0 Å². The average molecular weight is 240 g/mol. The van der Waals surface area contributed by atoms with Gasteiger partial charge in [0.25, 0.3) is 0 Å². The van der Waals surface area contributed by atoms with E-state index in [1.165, 1.54) is 0 Å². The zero-order valence-corrected chi connectivity index (χ0v) is 9.52. The molecule has 82 valence electrons. The number of aliphatic carboxylic acids is 3. The second kappa shape index (κ2) is 10.0. The van der Waals surface area contributed by atoms with Crippen LogP contribution in [0.1, 0.15) is 12.8 Å². The molecule has 0 aliphatic rings. The molecule has 0 fully saturated rings. The number of hydrogen-bond donors (Lipinski definition) is 3. The first-order chi connectivity index (χ1) is 5.78. The van der Waals surface area contributed by atoms with Crippen LogP contribution in [0.4, 0.5) is 0 Å². The van der Waals surface area contributed by atoms with Crippen LogP contribution in [0.15, 0.2) is 0 Å². The monoisotopic (exact) mass is 240 g/mol. The number of carboxylic acids is 3. The molecule has 0 heterocycles. The van der Waals surface area contributed by atoms with Gasteiger partial charge in [-0.05, 0) is 0 Å². The number of halogens is 1. The van der Waals surface area contributed by atoms with E-state index in [1.807, 2.05) is 0 Å². The van der Waals surface area contributed by atoms with E-state index < -0.39 is 36.4 Å². The van der Waals surface area contributed by atoms with Crippen molar-refractivity contribution in [2.75, 3.05) is 0 Å². The number of hydrogen-bond acceptors (Lipinski definition) is 5. The Balaban J connectivity index is -0.000000240. The van der Waals surface area contributed by atoms with E-state index in [9.17, 15) is 19.5 Å². The van der Waals surface area contributed by atoms with Gasteiger partial charge in [-0.15, -0.1) is 0 Å². The summed E-state index contributed by atoms with van der Waals surface area (Å²) < 4.78 is 0. The third-order valence-corrected chi connectivity index (χ3v) is 1.28. The van der Waals surface area contributed by atoms with Crippen molar-refractivity contribution in [2.24, 2.45) is 0 Å². The van der Waals surface area contributed by atoms with Gasteiger partial charge in [-0.25, -0.2) is 4.79 Å². The number of carbonyl (C=O) groups is 3. The zero-order chi connectivity index (χ0) is 10.6. The number of carboxylic acid groups (broad SMARTS) is 3. The molecule has 0 spiro atoms. The molecule has 0 saturated heterocycles. The van der Waals surface area contributed by atoms with Gasteiger partial charge in [-0.2, -0.15) is 0 Å². The molecule has 0 saturated carbocycles. The van der Waals surface area contributed by atoms with Crippen LogP contribution in [-0.2, 0) is 14.4 Å². The SMILES string of the molecule is O=C([O-])CC(O)(CC(=O)O)C(=O)O.[Cl-].[Li+].[Li+]. The van der Waals surface area contributed by atoms with Crippen molar-refractivity contribution in [1.29, 1.82) is 0 Å². The topological polar surface area (TPSA) is 135 Å². The molecule has 3 N–H and O–H groups in total. The Kier molecular flexibility index (Phi) is 15.6. The first-order valence-electron chi connectivity index (χ1n) is 3.15. The summed E-state index contributed by atoms with van der Waals surface area (Å²) in [6.45, 7) is 0. The van der Waals surface area contributed by atoms with Gasteiger partial charge in [0.05, 0.1) is 6.42 Å². The van der Waals surface area contributed by atoms with Crippen molar-refractivity contribution in [2.45, 2.75) is 18.4 Å². The van der Waals surface area contributed by atoms with Crippen molar-refractivity contribution in [1.82, 2.24) is 0 Å². The minimum atomic E-state index is -2.80. The second-order valence-corrected chi connectivity index (χ2v) is 2.46. The Labute approximate surface area is 121 Å². The normalized spacial score (nSPS) is 11.8. The molecular weight excluding hydrogens is 233 g/mol. The first-order valence-corrected chi connectivity index (χ1v) is 3.15. The first kappa shape index (κ1) is 24.9. The van der Waals surface area contributed by atoms with E-state index in [2.05, 4.69) is 0 Å². The fourth-order valence-electron chi connectivity index (χ4n) is 0.703. The predicted octanol–water partition coefficient (Wildman–Crippen LogP) is -11.6. The summed E-state index contributed by atoms with van der Waals surface area (Å²) in [5.41, 5.74) is -2.80. The molecule has 0 aliphatic carbocycles. The molecule has 0 bridgehead atoms. The Morgan fingerprint density at radius 3 is 1.62 bits per heavy atom. The van der Waals surface area contributed by atoms with E-state index >= 15 is 0 Å². The largest absolute Gasteiger partial charge is 1.00 e. The zero-order valence-electron chi connectivity index (χ0n) is 8.77. The van der Waals surface area contributed by atoms with Gasteiger partial charge in [-0.3, -0.25) is 4.79 Å². The number of rotatable bonds is 5. The van der Waals surface area contributed by atoms with Crippen LogP contribution in [0.2, 0.25) is 0 Å². The third kappa shape index (κ3) is 9.11. The van der Waals surface area contributed by atoms with Crippen molar-refractivity contribution in [3.05, 3.63) is 0 Å². The van der Waals surface area contributed by atoms with Crippen molar-refractivity contribution >= 4 is 17.9 Å². The van der Waals surface area contributed by atoms with Gasteiger partial charge in [0, 0.05) is 12.4 Å². The van der Waals surface area contributed by atoms with E-state index in [0.29, 0.717) is 0 Å². The molecule has 16 heavy (non-hydrogen) atoms. The fraction of sp³-hybridized carbons (Fsp3) is 0.500. The smallest absolute Gasteiger partial charge is 1.00 e. The molecule has 1 unspecified atom stereocenters. The van der Waals surface area contributed by atoms with Crippen LogP contribution in [0.5, 0.6) is 0 Å². The van der Waals surface area contributed by atoms with Crippen LogP contribution in [0, 0.1) is 0 Å². The fourth-order valence-corrected chi connectivity index (χ4v) is 0.703. The van der Waals surface area contributed by atoms with Gasteiger partial charge in [0.2, 0.25) is 0 Å². The Hall–Kier alpha value is -0.145. The molecule has 0 amide bonds. The predicted molar refractivity (Wildman–Crippen MR) is 34.5 cm³/mol. The minimum absolute atomic E-state index is 0. The molecule has 0 aliphatic heterocycles. The maximum Gasteiger partial charge on any atom is 1.00 e. The quantitative estimate of drug-likeness (QED) is 0.406. The number of carbonyl (C=O) groups excluding carboxylic acids is 1. The van der Waals surface area contributed by atoms with Gasteiger partial charge in [0.15, 0.2) is 5.60 Å². The van der Waals surface area contributed by atoms with Crippen molar-refractivity contribution in [3.63, 3.8) is 0 Å². The maximum atomic E-state index is 10.3. The Morgan fingerprint density at radius 2 is 1.44 bits per heavy atom. The average Bonchev–Trinajstić information content (AvgIpc) is 1.82. The third-order valence-electron chi connectivity index (χ3n) is 1.28. The van der Waals surface area contributed by atoms with Gasteiger partial charge in [0.1, 0.15) is 0 Å². The molecule has 0 aromatic carbocycles. The van der Waals surface area contributed by atoms with Crippen LogP contribution in [0.3, 0.4) is 0 Å². The standard InChI is InChI=1S/C6H8O7.ClH.2Li/c7-3(8)1-6(13,5(11)12)2-4(9)10;;;/h13H,1-2H2,(H,7,8)(H,9,10)(H,11,12);1H;;/q;;2*+1/p-2. The molecule has 0 aromatic rings. The maximum absolute atomic E-state index is 10.3. The van der Waals surface area contributed by atoms with Gasteiger partial charge < -0.3 is 37.6 Å². The van der Waals surface area contributed by atoms with Crippen LogP contribution in [-0.4, -0.2) is 38.8 Å². The molecule has 10 heteroatoms. The summed E-state index contributed by atoms with van der Waals surface area (Å²) in [6, 6.07) is 0. The summed E-state index contributed by atoms with van der Waals surface area (Å²) in [5.74, 6) is -5.34. The summed E-state index contributed by atoms with van der Waals surface area (Å²) in [4.78, 5) is 30.3. The molecule has 1 atom stereocenters. The van der Waals surface area contributed by atoms with Crippen molar-refractivity contribution < 1.29 is 84.9 Å². The van der Waals surface area contributed by atoms with E-state index in [0.717, 1.165) is 0 Å². The molecular formula is C6H7ClLi2O7. The summed E-state index contributed by atoms with van der Waals surface area (Å²) >= 11 is 0.